The van der Waals surface area contributed by atoms with Crippen LogP contribution in [0.4, 0.5) is 5.69 Å². The highest BCUT2D eigenvalue weighted by molar-refractivity contribution is 7.12. The molecule has 0 saturated carbocycles. The average molecular weight is 373 g/mol. The zero-order valence-corrected chi connectivity index (χ0v) is 15.9. The molecule has 2 N–H and O–H groups in total. The van der Waals surface area contributed by atoms with Gasteiger partial charge in [-0.2, -0.15) is 0 Å². The van der Waals surface area contributed by atoms with Crippen molar-refractivity contribution in [1.29, 1.82) is 0 Å². The first-order chi connectivity index (χ1) is 12.4. The first kappa shape index (κ1) is 19.7. The molecule has 1 aromatic heterocycles. The van der Waals surface area contributed by atoms with Crippen molar-refractivity contribution in [2.24, 2.45) is 5.92 Å². The number of rotatable bonds is 7. The lowest BCUT2D eigenvalue weighted by atomic mass is 10.1. The van der Waals surface area contributed by atoms with E-state index in [1.54, 1.807) is 43.4 Å². The van der Waals surface area contributed by atoms with Gasteiger partial charge in [0.05, 0.1) is 22.7 Å². The van der Waals surface area contributed by atoms with Crippen LogP contribution in [-0.4, -0.2) is 42.8 Å². The minimum atomic E-state index is -0.360. The van der Waals surface area contributed by atoms with Gasteiger partial charge in [-0.05, 0) is 29.5 Å². The van der Waals surface area contributed by atoms with E-state index in [0.29, 0.717) is 28.6 Å². The number of anilines is 1. The highest BCUT2D eigenvalue weighted by Crippen LogP contribution is 2.16. The standard InChI is InChI=1S/C19H23N3O3S/c1-13(2)11-20-18(24)14-7-4-5-8-15(14)21-17(23)12-22(3)19(25)16-9-6-10-26-16/h4-10,13H,11-12H2,1-3H3,(H,20,24)(H,21,23). The molecular weight excluding hydrogens is 350 g/mol. The fraction of sp³-hybridized carbons (Fsp3) is 0.316. The minimum Gasteiger partial charge on any atom is -0.352 e. The Labute approximate surface area is 157 Å². The molecule has 6 nitrogen and oxygen atoms in total. The highest BCUT2D eigenvalue weighted by Gasteiger charge is 2.18. The van der Waals surface area contributed by atoms with Crippen LogP contribution >= 0.6 is 11.3 Å². The third-order valence-electron chi connectivity index (χ3n) is 3.58. The van der Waals surface area contributed by atoms with Crippen LogP contribution in [0.3, 0.4) is 0 Å². The molecule has 0 atom stereocenters. The molecule has 0 bridgehead atoms. The first-order valence-corrected chi connectivity index (χ1v) is 9.22. The van der Waals surface area contributed by atoms with Crippen LogP contribution in [0.1, 0.15) is 33.9 Å². The lowest BCUT2D eigenvalue weighted by Gasteiger charge is -2.17. The average Bonchev–Trinajstić information content (AvgIpc) is 3.13. The van der Waals surface area contributed by atoms with Gasteiger partial charge in [-0.3, -0.25) is 14.4 Å². The van der Waals surface area contributed by atoms with Crippen molar-refractivity contribution in [3.63, 3.8) is 0 Å². The second-order valence-electron chi connectivity index (χ2n) is 6.34. The molecule has 2 aromatic rings. The number of nitrogens with one attached hydrogen (secondary N) is 2. The summed E-state index contributed by atoms with van der Waals surface area (Å²) < 4.78 is 0. The van der Waals surface area contributed by atoms with Crippen molar-refractivity contribution in [3.8, 4) is 0 Å². The molecule has 3 amide bonds. The summed E-state index contributed by atoms with van der Waals surface area (Å²) in [4.78, 5) is 38.8. The van der Waals surface area contributed by atoms with Gasteiger partial charge in [0, 0.05) is 13.6 Å². The number of amides is 3. The fourth-order valence-electron chi connectivity index (χ4n) is 2.25. The molecule has 138 valence electrons. The fourth-order valence-corrected chi connectivity index (χ4v) is 2.97. The summed E-state index contributed by atoms with van der Waals surface area (Å²) in [6.45, 7) is 4.47. The van der Waals surface area contributed by atoms with Crippen LogP contribution in [0.15, 0.2) is 41.8 Å². The summed E-state index contributed by atoms with van der Waals surface area (Å²) in [5, 5.41) is 7.37. The van der Waals surface area contributed by atoms with Crippen LogP contribution in [0.5, 0.6) is 0 Å². The van der Waals surface area contributed by atoms with Crippen molar-refractivity contribution in [1.82, 2.24) is 10.2 Å². The molecule has 0 spiro atoms. The maximum Gasteiger partial charge on any atom is 0.264 e. The molecular formula is C19H23N3O3S. The van der Waals surface area contributed by atoms with E-state index in [2.05, 4.69) is 10.6 Å². The van der Waals surface area contributed by atoms with E-state index in [1.165, 1.54) is 16.2 Å². The third-order valence-corrected chi connectivity index (χ3v) is 4.43. The number of likely N-dealkylation sites (N-methyl/N-ethyl adjacent to an activating group) is 1. The lowest BCUT2D eigenvalue weighted by Crippen LogP contribution is -2.35. The zero-order valence-electron chi connectivity index (χ0n) is 15.1. The summed E-state index contributed by atoms with van der Waals surface area (Å²) in [7, 11) is 1.57. The summed E-state index contributed by atoms with van der Waals surface area (Å²) >= 11 is 1.33. The second kappa shape index (κ2) is 9.15. The predicted octanol–water partition coefficient (Wildman–Crippen LogP) is 2.84. The van der Waals surface area contributed by atoms with Crippen molar-refractivity contribution < 1.29 is 14.4 Å². The molecule has 0 aliphatic rings. The van der Waals surface area contributed by atoms with Crippen LogP contribution in [0.2, 0.25) is 0 Å². The van der Waals surface area contributed by atoms with Crippen molar-refractivity contribution in [2.45, 2.75) is 13.8 Å². The van der Waals surface area contributed by atoms with Gasteiger partial charge in [0.25, 0.3) is 11.8 Å². The molecule has 0 radical (unpaired) electrons. The quantitative estimate of drug-likeness (QED) is 0.783. The number of carbonyl (C=O) groups is 3. The Morgan fingerprint density at radius 1 is 1.12 bits per heavy atom. The second-order valence-corrected chi connectivity index (χ2v) is 7.28. The Morgan fingerprint density at radius 2 is 1.85 bits per heavy atom. The topological polar surface area (TPSA) is 78.5 Å². The van der Waals surface area contributed by atoms with E-state index >= 15 is 0 Å². The largest absolute Gasteiger partial charge is 0.352 e. The summed E-state index contributed by atoms with van der Waals surface area (Å²) in [6, 6.07) is 10.3. The molecule has 0 unspecified atom stereocenters. The number of nitrogens with zero attached hydrogens (tertiary/aromatic N) is 1. The van der Waals surface area contributed by atoms with Gasteiger partial charge in [-0.1, -0.05) is 32.0 Å². The molecule has 0 aliphatic heterocycles. The number of hydrogen-bond acceptors (Lipinski definition) is 4. The molecule has 2 rings (SSSR count). The van der Waals surface area contributed by atoms with E-state index < -0.39 is 0 Å². The van der Waals surface area contributed by atoms with Gasteiger partial charge in [-0.25, -0.2) is 0 Å². The van der Waals surface area contributed by atoms with E-state index in [0.717, 1.165) is 0 Å². The number of benzene rings is 1. The molecule has 0 fully saturated rings. The molecule has 0 saturated heterocycles. The van der Waals surface area contributed by atoms with Crippen molar-refractivity contribution in [3.05, 3.63) is 52.2 Å². The maximum absolute atomic E-state index is 12.3. The zero-order chi connectivity index (χ0) is 19.1. The lowest BCUT2D eigenvalue weighted by molar-refractivity contribution is -0.116. The Balaban J connectivity index is 2.00. The van der Waals surface area contributed by atoms with Crippen molar-refractivity contribution >= 4 is 34.7 Å². The van der Waals surface area contributed by atoms with E-state index in [-0.39, 0.29) is 24.3 Å². The summed E-state index contributed by atoms with van der Waals surface area (Å²) in [6.07, 6.45) is 0. The number of para-hydroxylation sites is 1. The number of thiophene rings is 1. The summed E-state index contributed by atoms with van der Waals surface area (Å²) in [5.74, 6) is -0.477. The molecule has 0 aliphatic carbocycles. The maximum atomic E-state index is 12.3. The van der Waals surface area contributed by atoms with Gasteiger partial charge in [0.15, 0.2) is 0 Å². The minimum absolute atomic E-state index is 0.0985. The van der Waals surface area contributed by atoms with Crippen LogP contribution in [-0.2, 0) is 4.79 Å². The molecule has 26 heavy (non-hydrogen) atoms. The van der Waals surface area contributed by atoms with Gasteiger partial charge in [-0.15, -0.1) is 11.3 Å². The van der Waals surface area contributed by atoms with E-state index in [9.17, 15) is 14.4 Å². The molecule has 1 heterocycles. The normalized spacial score (nSPS) is 10.5. The monoisotopic (exact) mass is 373 g/mol. The van der Waals surface area contributed by atoms with Crippen LogP contribution < -0.4 is 10.6 Å². The predicted molar refractivity (Wildman–Crippen MR) is 104 cm³/mol. The molecule has 1 aromatic carbocycles. The number of carbonyl (C=O) groups excluding carboxylic acids is 3. The summed E-state index contributed by atoms with van der Waals surface area (Å²) in [5.41, 5.74) is 0.824. The van der Waals surface area contributed by atoms with Gasteiger partial charge in [0.2, 0.25) is 5.91 Å². The first-order valence-electron chi connectivity index (χ1n) is 8.34. The van der Waals surface area contributed by atoms with Crippen LogP contribution in [0, 0.1) is 5.92 Å². The van der Waals surface area contributed by atoms with E-state index in [1.807, 2.05) is 19.2 Å². The van der Waals surface area contributed by atoms with Crippen molar-refractivity contribution in [2.75, 3.05) is 25.5 Å². The Kier molecular flexibility index (Phi) is 6.91. The van der Waals surface area contributed by atoms with Gasteiger partial charge < -0.3 is 15.5 Å². The van der Waals surface area contributed by atoms with Gasteiger partial charge >= 0.3 is 0 Å². The number of hydrogen-bond donors (Lipinski definition) is 2. The third kappa shape index (κ3) is 5.42. The highest BCUT2D eigenvalue weighted by atomic mass is 32.1. The SMILES string of the molecule is CC(C)CNC(=O)c1ccccc1NC(=O)CN(C)C(=O)c1cccs1. The smallest absolute Gasteiger partial charge is 0.264 e. The Hall–Kier alpha value is -2.67. The molecule has 7 heteroatoms. The Bertz CT molecular complexity index is 772. The Morgan fingerprint density at radius 3 is 2.50 bits per heavy atom. The van der Waals surface area contributed by atoms with Crippen LogP contribution in [0.25, 0.3) is 0 Å². The van der Waals surface area contributed by atoms with Gasteiger partial charge in [0.1, 0.15) is 0 Å². The van der Waals surface area contributed by atoms with E-state index in [4.69, 9.17) is 0 Å².